The lowest BCUT2D eigenvalue weighted by Crippen LogP contribution is -2.39. The van der Waals surface area contributed by atoms with Crippen molar-refractivity contribution < 1.29 is 14.3 Å². The summed E-state index contributed by atoms with van der Waals surface area (Å²) in [5, 5.41) is 0. The number of benzene rings is 1. The van der Waals surface area contributed by atoms with Crippen LogP contribution in [0.2, 0.25) is 0 Å². The van der Waals surface area contributed by atoms with Crippen LogP contribution in [0.1, 0.15) is 50.7 Å². The lowest BCUT2D eigenvalue weighted by Gasteiger charge is -2.30. The van der Waals surface area contributed by atoms with E-state index in [2.05, 4.69) is 26.0 Å². The van der Waals surface area contributed by atoms with Crippen molar-refractivity contribution in [2.24, 2.45) is 5.92 Å². The first-order valence-corrected chi connectivity index (χ1v) is 8.74. The van der Waals surface area contributed by atoms with Crippen LogP contribution < -0.4 is 0 Å². The van der Waals surface area contributed by atoms with Crippen LogP contribution in [0.15, 0.2) is 30.3 Å². The van der Waals surface area contributed by atoms with Crippen molar-refractivity contribution in [1.82, 2.24) is 4.90 Å². The second-order valence-electron chi connectivity index (χ2n) is 6.51. The zero-order valence-electron chi connectivity index (χ0n) is 14.8. The van der Waals surface area contributed by atoms with E-state index in [0.29, 0.717) is 38.5 Å². The molecule has 0 aromatic heterocycles. The summed E-state index contributed by atoms with van der Waals surface area (Å²) in [6, 6.07) is 8.26. The Morgan fingerprint density at radius 2 is 1.83 bits per heavy atom. The van der Waals surface area contributed by atoms with E-state index >= 15 is 0 Å². The molecule has 1 heterocycles. The molecule has 0 aliphatic carbocycles. The minimum atomic E-state index is -0.134. The number of ether oxygens (including phenoxy) is 1. The summed E-state index contributed by atoms with van der Waals surface area (Å²) in [5.41, 5.74) is 2.31. The highest BCUT2D eigenvalue weighted by Gasteiger charge is 2.27. The third-order valence-electron chi connectivity index (χ3n) is 4.45. The molecule has 1 fully saturated rings. The van der Waals surface area contributed by atoms with Crippen molar-refractivity contribution in [1.29, 1.82) is 0 Å². The number of piperidine rings is 1. The van der Waals surface area contributed by atoms with E-state index in [1.807, 2.05) is 25.1 Å². The summed E-state index contributed by atoms with van der Waals surface area (Å²) in [5.74, 6) is 0.308. The Morgan fingerprint density at radius 3 is 2.38 bits per heavy atom. The van der Waals surface area contributed by atoms with Crippen LogP contribution in [0, 0.1) is 5.92 Å². The second kappa shape index (κ2) is 8.67. The van der Waals surface area contributed by atoms with E-state index in [4.69, 9.17) is 4.74 Å². The smallest absolute Gasteiger partial charge is 0.309 e. The number of carbonyl (C=O) groups excluding carboxylic acids is 2. The molecule has 1 aromatic rings. The van der Waals surface area contributed by atoms with Gasteiger partial charge in [0.1, 0.15) is 0 Å². The van der Waals surface area contributed by atoms with Crippen molar-refractivity contribution in [3.8, 4) is 0 Å². The SMILES string of the molecule is CCOC(=O)C1CCN(C(=O)C=Cc2ccc(C(C)C)cc2)CC1. The average Bonchev–Trinajstić information content (AvgIpc) is 2.60. The molecule has 0 bridgehead atoms. The lowest BCUT2D eigenvalue weighted by molar-refractivity contribution is -0.150. The van der Waals surface area contributed by atoms with E-state index in [-0.39, 0.29) is 17.8 Å². The van der Waals surface area contributed by atoms with E-state index < -0.39 is 0 Å². The monoisotopic (exact) mass is 329 g/mol. The van der Waals surface area contributed by atoms with Gasteiger partial charge in [-0.3, -0.25) is 9.59 Å². The van der Waals surface area contributed by atoms with E-state index in [9.17, 15) is 9.59 Å². The second-order valence-corrected chi connectivity index (χ2v) is 6.51. The van der Waals surface area contributed by atoms with Crippen LogP contribution in [-0.4, -0.2) is 36.5 Å². The number of esters is 1. The van der Waals surface area contributed by atoms with Gasteiger partial charge in [0.15, 0.2) is 0 Å². The first kappa shape index (κ1) is 18.2. The number of hydrogen-bond donors (Lipinski definition) is 0. The number of hydrogen-bond acceptors (Lipinski definition) is 3. The summed E-state index contributed by atoms with van der Waals surface area (Å²) in [4.78, 5) is 25.8. The van der Waals surface area contributed by atoms with Crippen LogP contribution in [0.4, 0.5) is 0 Å². The van der Waals surface area contributed by atoms with E-state index in [1.54, 1.807) is 11.0 Å². The summed E-state index contributed by atoms with van der Waals surface area (Å²) in [6.07, 6.45) is 4.84. The van der Waals surface area contributed by atoms with Crippen LogP contribution in [0.25, 0.3) is 6.08 Å². The largest absolute Gasteiger partial charge is 0.466 e. The van der Waals surface area contributed by atoms with Gasteiger partial charge < -0.3 is 9.64 Å². The van der Waals surface area contributed by atoms with E-state index in [0.717, 1.165) is 5.56 Å². The summed E-state index contributed by atoms with van der Waals surface area (Å²) >= 11 is 0. The topological polar surface area (TPSA) is 46.6 Å². The highest BCUT2D eigenvalue weighted by atomic mass is 16.5. The highest BCUT2D eigenvalue weighted by molar-refractivity contribution is 5.92. The molecule has 0 spiro atoms. The molecule has 0 N–H and O–H groups in total. The quantitative estimate of drug-likeness (QED) is 0.612. The Hall–Kier alpha value is -2.10. The molecule has 1 aromatic carbocycles. The van der Waals surface area contributed by atoms with Crippen LogP contribution in [0.5, 0.6) is 0 Å². The standard InChI is InChI=1S/C20H27NO3/c1-4-24-20(23)18-11-13-21(14-12-18)19(22)10-7-16-5-8-17(9-6-16)15(2)3/h5-10,15,18H,4,11-14H2,1-3H3. The normalized spacial score (nSPS) is 15.9. The molecule has 0 radical (unpaired) electrons. The van der Waals surface area contributed by atoms with Crippen LogP contribution in [0.3, 0.4) is 0 Å². The van der Waals surface area contributed by atoms with Crippen molar-refractivity contribution in [2.45, 2.75) is 39.5 Å². The molecule has 2 rings (SSSR count). The van der Waals surface area contributed by atoms with Gasteiger partial charge in [-0.2, -0.15) is 0 Å². The molecule has 4 nitrogen and oxygen atoms in total. The van der Waals surface area contributed by atoms with Gasteiger partial charge in [0.05, 0.1) is 12.5 Å². The summed E-state index contributed by atoms with van der Waals surface area (Å²) in [7, 11) is 0. The zero-order chi connectivity index (χ0) is 17.5. The maximum absolute atomic E-state index is 12.3. The Bertz CT molecular complexity index is 581. The fourth-order valence-corrected chi connectivity index (χ4v) is 2.86. The van der Waals surface area contributed by atoms with Gasteiger partial charge >= 0.3 is 5.97 Å². The third kappa shape index (κ3) is 4.95. The predicted molar refractivity (Wildman–Crippen MR) is 95.5 cm³/mol. The van der Waals surface area contributed by atoms with Crippen molar-refractivity contribution in [2.75, 3.05) is 19.7 Å². The molecule has 1 saturated heterocycles. The molecule has 1 aliphatic heterocycles. The van der Waals surface area contributed by atoms with Crippen molar-refractivity contribution in [3.05, 3.63) is 41.5 Å². The van der Waals surface area contributed by atoms with Gasteiger partial charge in [0.25, 0.3) is 0 Å². The molecule has 130 valence electrons. The Morgan fingerprint density at radius 1 is 1.21 bits per heavy atom. The van der Waals surface area contributed by atoms with Crippen LogP contribution in [-0.2, 0) is 14.3 Å². The Labute approximate surface area is 144 Å². The fourth-order valence-electron chi connectivity index (χ4n) is 2.86. The molecular weight excluding hydrogens is 302 g/mol. The number of nitrogens with zero attached hydrogens (tertiary/aromatic N) is 1. The van der Waals surface area contributed by atoms with Gasteiger partial charge in [-0.1, -0.05) is 38.1 Å². The van der Waals surface area contributed by atoms with Crippen LogP contribution >= 0.6 is 0 Å². The van der Waals surface area contributed by atoms with Gasteiger partial charge in [-0.25, -0.2) is 0 Å². The average molecular weight is 329 g/mol. The Kier molecular flexibility index (Phi) is 6.59. The highest BCUT2D eigenvalue weighted by Crippen LogP contribution is 2.19. The van der Waals surface area contributed by atoms with E-state index in [1.165, 1.54) is 5.56 Å². The summed E-state index contributed by atoms with van der Waals surface area (Å²) < 4.78 is 5.05. The van der Waals surface area contributed by atoms with Gasteiger partial charge in [-0.15, -0.1) is 0 Å². The molecular formula is C20H27NO3. The molecule has 24 heavy (non-hydrogen) atoms. The number of rotatable bonds is 5. The van der Waals surface area contributed by atoms with Gasteiger partial charge in [-0.05, 0) is 42.9 Å². The maximum atomic E-state index is 12.3. The fraction of sp³-hybridized carbons (Fsp3) is 0.500. The first-order valence-electron chi connectivity index (χ1n) is 8.74. The van der Waals surface area contributed by atoms with Crippen molar-refractivity contribution >= 4 is 18.0 Å². The molecule has 0 saturated carbocycles. The molecule has 0 atom stereocenters. The van der Waals surface area contributed by atoms with Crippen molar-refractivity contribution in [3.63, 3.8) is 0 Å². The third-order valence-corrected chi connectivity index (χ3v) is 4.45. The molecule has 1 amide bonds. The lowest BCUT2D eigenvalue weighted by atomic mass is 9.97. The molecule has 4 heteroatoms. The van der Waals surface area contributed by atoms with Gasteiger partial charge in [0.2, 0.25) is 5.91 Å². The first-order chi connectivity index (χ1) is 11.5. The minimum Gasteiger partial charge on any atom is -0.466 e. The molecule has 0 unspecified atom stereocenters. The Balaban J connectivity index is 1.86. The predicted octanol–water partition coefficient (Wildman–Crippen LogP) is 3.62. The van der Waals surface area contributed by atoms with Gasteiger partial charge in [0, 0.05) is 19.2 Å². The number of amides is 1. The minimum absolute atomic E-state index is 0.00486. The molecule has 1 aliphatic rings. The number of carbonyl (C=O) groups is 2. The summed E-state index contributed by atoms with van der Waals surface area (Å²) in [6.45, 7) is 7.77. The zero-order valence-corrected chi connectivity index (χ0v) is 14.8. The maximum Gasteiger partial charge on any atom is 0.309 e. The number of likely N-dealkylation sites (tertiary alicyclic amines) is 1.